The lowest BCUT2D eigenvalue weighted by atomic mass is 10.2. The predicted molar refractivity (Wildman–Crippen MR) is 51.8 cm³/mol. The van der Waals surface area contributed by atoms with Gasteiger partial charge in [-0.25, -0.2) is 8.42 Å². The fraction of sp³-hybridized carbons (Fsp3) is 1.00. The van der Waals surface area contributed by atoms with Crippen molar-refractivity contribution in [3.8, 4) is 0 Å². The molecule has 0 bridgehead atoms. The summed E-state index contributed by atoms with van der Waals surface area (Å²) >= 11 is 0. The third kappa shape index (κ3) is 1.94. The lowest BCUT2D eigenvalue weighted by molar-refractivity contribution is -0.139. The van der Waals surface area contributed by atoms with Crippen molar-refractivity contribution in [2.24, 2.45) is 0 Å². The monoisotopic (exact) mass is 220 g/mol. The number of thiol groups is 1. The molecule has 4 nitrogen and oxygen atoms in total. The van der Waals surface area contributed by atoms with Crippen molar-refractivity contribution in [1.29, 1.82) is 0 Å². The first-order chi connectivity index (χ1) is 6.44. The maximum absolute atomic E-state index is 11.0. The van der Waals surface area contributed by atoms with Gasteiger partial charge in [-0.15, -0.1) is 0 Å². The third-order valence-corrected chi connectivity index (χ3v) is 4.29. The Morgan fingerprint density at radius 1 is 1.36 bits per heavy atom. The quantitative estimate of drug-likeness (QED) is 0.710. The molecular weight excluding hydrogens is 204 g/mol. The lowest BCUT2D eigenvalue weighted by Crippen LogP contribution is -2.25. The Morgan fingerprint density at radius 3 is 2.36 bits per heavy atom. The average molecular weight is 220 g/mol. The van der Waals surface area contributed by atoms with Crippen molar-refractivity contribution < 1.29 is 17.9 Å². The van der Waals surface area contributed by atoms with Gasteiger partial charge in [0.25, 0.3) is 0 Å². The molecule has 0 spiro atoms. The maximum Gasteiger partial charge on any atom is 0.163 e. The molecule has 2 aliphatic rings. The van der Waals surface area contributed by atoms with Crippen molar-refractivity contribution >= 4 is 10.7 Å². The van der Waals surface area contributed by atoms with Gasteiger partial charge in [0.2, 0.25) is 0 Å². The normalized spacial score (nSPS) is 33.5. The molecule has 0 aromatic heterocycles. The average Bonchev–Trinajstić information content (AvgIpc) is 2.74. The Balaban J connectivity index is 1.94. The lowest BCUT2D eigenvalue weighted by Gasteiger charge is -2.18. The number of hydrogen-bond acceptors (Lipinski definition) is 4. The molecule has 0 unspecified atom stereocenters. The van der Waals surface area contributed by atoms with Crippen LogP contribution in [0.25, 0.3) is 0 Å². The van der Waals surface area contributed by atoms with Gasteiger partial charge in [-0.2, -0.15) is 0 Å². The Bertz CT molecular complexity index is 296. The smallest absolute Gasteiger partial charge is 0.163 e. The molecule has 1 saturated heterocycles. The van der Waals surface area contributed by atoms with Crippen molar-refractivity contribution in [3.63, 3.8) is 0 Å². The molecule has 5 heteroatoms. The molecule has 0 radical (unpaired) electrons. The third-order valence-electron chi connectivity index (χ3n) is 2.89. The molecule has 1 heterocycles. The van der Waals surface area contributed by atoms with Crippen LogP contribution in [0.1, 0.15) is 33.1 Å². The van der Waals surface area contributed by atoms with Gasteiger partial charge in [0.15, 0.2) is 5.79 Å². The molecule has 0 amide bonds. The van der Waals surface area contributed by atoms with Crippen LogP contribution < -0.4 is 0 Å². The van der Waals surface area contributed by atoms with Crippen LogP contribution in [-0.2, 0) is 20.2 Å². The number of rotatable bonds is 3. The van der Waals surface area contributed by atoms with E-state index in [1.807, 2.05) is 13.8 Å². The van der Waals surface area contributed by atoms with E-state index in [0.29, 0.717) is 13.0 Å². The van der Waals surface area contributed by atoms with Crippen molar-refractivity contribution in [2.75, 3.05) is 6.61 Å². The van der Waals surface area contributed by atoms with E-state index in [2.05, 4.69) is 0 Å². The summed E-state index contributed by atoms with van der Waals surface area (Å²) in [5, 5.41) is 0. The Kier molecular flexibility index (Phi) is 2.36. The van der Waals surface area contributed by atoms with Gasteiger partial charge >= 0.3 is 0 Å². The molecule has 2 fully saturated rings. The molecular formula is C9H16O4S. The van der Waals surface area contributed by atoms with E-state index < -0.39 is 21.2 Å². The standard InChI is InChI=1S/C9H16O4S/c1-8(2)12-6-7(13-8)5-9(3-4-9)14(10)11/h7,14H,3-6H2,1-2H3/t7-/m1/s1. The highest BCUT2D eigenvalue weighted by molar-refractivity contribution is 7.74. The van der Waals surface area contributed by atoms with Crippen molar-refractivity contribution in [1.82, 2.24) is 0 Å². The maximum atomic E-state index is 11.0. The summed E-state index contributed by atoms with van der Waals surface area (Å²) in [7, 11) is -2.32. The van der Waals surface area contributed by atoms with Crippen LogP contribution in [-0.4, -0.2) is 31.7 Å². The molecule has 0 N–H and O–H groups in total. The van der Waals surface area contributed by atoms with Gasteiger partial charge in [-0.05, 0) is 33.1 Å². The molecule has 82 valence electrons. The van der Waals surface area contributed by atoms with Gasteiger partial charge in [0.05, 0.1) is 17.5 Å². The predicted octanol–water partition coefficient (Wildman–Crippen LogP) is 0.672. The fourth-order valence-electron chi connectivity index (χ4n) is 1.89. The molecule has 1 aliphatic heterocycles. The van der Waals surface area contributed by atoms with Gasteiger partial charge in [-0.3, -0.25) is 0 Å². The summed E-state index contributed by atoms with van der Waals surface area (Å²) in [4.78, 5) is 0. The second-order valence-electron chi connectivity index (χ2n) is 4.64. The zero-order valence-corrected chi connectivity index (χ0v) is 9.38. The summed E-state index contributed by atoms with van der Waals surface area (Å²) < 4.78 is 32.5. The summed E-state index contributed by atoms with van der Waals surface area (Å²) in [5.41, 5.74) is 0. The summed E-state index contributed by atoms with van der Waals surface area (Å²) in [6, 6.07) is 0. The van der Waals surface area contributed by atoms with Crippen molar-refractivity contribution in [3.05, 3.63) is 0 Å². The first kappa shape index (κ1) is 10.4. The molecule has 14 heavy (non-hydrogen) atoms. The zero-order chi connectivity index (χ0) is 10.4. The summed E-state index contributed by atoms with van der Waals surface area (Å²) in [5.74, 6) is -0.546. The van der Waals surface area contributed by atoms with Crippen LogP contribution in [0.5, 0.6) is 0 Å². The minimum absolute atomic E-state index is 0.0552. The molecule has 1 atom stereocenters. The first-order valence-electron chi connectivity index (χ1n) is 4.90. The Labute approximate surface area is 85.5 Å². The highest BCUT2D eigenvalue weighted by atomic mass is 32.2. The van der Waals surface area contributed by atoms with Gasteiger partial charge in [0, 0.05) is 0 Å². The van der Waals surface area contributed by atoms with Crippen LogP contribution in [0.3, 0.4) is 0 Å². The second kappa shape index (κ2) is 3.18. The van der Waals surface area contributed by atoms with Gasteiger partial charge in [-0.1, -0.05) is 0 Å². The zero-order valence-electron chi connectivity index (χ0n) is 8.49. The van der Waals surface area contributed by atoms with Crippen LogP contribution in [0.2, 0.25) is 0 Å². The first-order valence-corrected chi connectivity index (χ1v) is 6.08. The van der Waals surface area contributed by atoms with Crippen LogP contribution in [0.4, 0.5) is 0 Å². The SMILES string of the molecule is CC1(C)OC[C@@H](CC2([SH](=O)=O)CC2)O1. The van der Waals surface area contributed by atoms with Crippen LogP contribution >= 0.6 is 0 Å². The van der Waals surface area contributed by atoms with E-state index in [1.54, 1.807) is 0 Å². The Hall–Kier alpha value is -0.130. The van der Waals surface area contributed by atoms with Crippen LogP contribution in [0, 0.1) is 0 Å². The highest BCUT2D eigenvalue weighted by Crippen LogP contribution is 2.45. The van der Waals surface area contributed by atoms with E-state index in [1.165, 1.54) is 0 Å². The van der Waals surface area contributed by atoms with E-state index in [4.69, 9.17) is 9.47 Å². The summed E-state index contributed by atoms with van der Waals surface area (Å²) in [6.45, 7) is 4.21. The number of ether oxygens (including phenoxy) is 2. The van der Waals surface area contributed by atoms with Crippen LogP contribution in [0.15, 0.2) is 0 Å². The van der Waals surface area contributed by atoms with E-state index in [0.717, 1.165) is 12.8 Å². The molecule has 2 rings (SSSR count). The largest absolute Gasteiger partial charge is 0.348 e. The Morgan fingerprint density at radius 2 is 2.00 bits per heavy atom. The van der Waals surface area contributed by atoms with E-state index >= 15 is 0 Å². The van der Waals surface area contributed by atoms with E-state index in [-0.39, 0.29) is 6.10 Å². The minimum Gasteiger partial charge on any atom is -0.348 e. The summed E-state index contributed by atoms with van der Waals surface area (Å²) in [6.07, 6.45) is 2.10. The molecule has 1 saturated carbocycles. The fourth-order valence-corrected chi connectivity index (χ4v) is 2.72. The minimum atomic E-state index is -2.32. The molecule has 0 aromatic carbocycles. The second-order valence-corrected chi connectivity index (χ2v) is 6.10. The molecule has 0 aromatic rings. The van der Waals surface area contributed by atoms with Gasteiger partial charge < -0.3 is 9.47 Å². The topological polar surface area (TPSA) is 52.6 Å². The number of hydrogen-bond donors (Lipinski definition) is 1. The van der Waals surface area contributed by atoms with Crippen molar-refractivity contribution in [2.45, 2.75) is 49.7 Å². The molecule has 1 aliphatic carbocycles. The van der Waals surface area contributed by atoms with E-state index in [9.17, 15) is 8.42 Å². The van der Waals surface area contributed by atoms with Gasteiger partial charge in [0.1, 0.15) is 10.7 Å². The highest BCUT2D eigenvalue weighted by Gasteiger charge is 2.50.